The van der Waals surface area contributed by atoms with Crippen LogP contribution in [0.2, 0.25) is 0 Å². The van der Waals surface area contributed by atoms with Gasteiger partial charge in [0.25, 0.3) is 0 Å². The minimum Gasteiger partial charge on any atom is -0.238 e. The Morgan fingerprint density at radius 3 is 3.00 bits per heavy atom. The summed E-state index contributed by atoms with van der Waals surface area (Å²) in [6.07, 6.45) is 3.20. The second-order valence-corrected chi connectivity index (χ2v) is 3.16. The second-order valence-electron chi connectivity index (χ2n) is 3.16. The van der Waals surface area contributed by atoms with Crippen LogP contribution in [0.1, 0.15) is 18.1 Å². The summed E-state index contributed by atoms with van der Waals surface area (Å²) in [6, 6.07) is 5.88. The summed E-state index contributed by atoms with van der Waals surface area (Å²) in [6.45, 7) is 8.99. The lowest BCUT2D eigenvalue weighted by Crippen LogP contribution is -1.80. The molecule has 1 heteroatoms. The smallest absolute Gasteiger partial charge is 0.187 e. The maximum absolute atomic E-state index is 6.86. The number of rotatable bonds is 0. The fourth-order valence-electron chi connectivity index (χ4n) is 1.57. The van der Waals surface area contributed by atoms with Gasteiger partial charge in [0.1, 0.15) is 0 Å². The number of hydrogen-bond acceptors (Lipinski definition) is 0. The highest BCUT2D eigenvalue weighted by molar-refractivity contribution is 5.66. The van der Waals surface area contributed by atoms with Crippen molar-refractivity contribution < 1.29 is 0 Å². The van der Waals surface area contributed by atoms with Gasteiger partial charge >= 0.3 is 0 Å². The Balaban J connectivity index is 2.51. The molecule has 1 aromatic carbocycles. The molecular formula is C11H9N. The SMILES string of the molecule is [C-]#[N+]c1ccc2c(c1)CC(C)=C2. The van der Waals surface area contributed by atoms with Crippen molar-refractivity contribution in [3.63, 3.8) is 0 Å². The van der Waals surface area contributed by atoms with Crippen LogP contribution in [-0.4, -0.2) is 0 Å². The van der Waals surface area contributed by atoms with Crippen LogP contribution in [0.4, 0.5) is 5.69 Å². The maximum atomic E-state index is 6.86. The van der Waals surface area contributed by atoms with Crippen LogP contribution in [0.5, 0.6) is 0 Å². The number of benzene rings is 1. The molecule has 0 aliphatic heterocycles. The lowest BCUT2D eigenvalue weighted by molar-refractivity contribution is 1.20. The van der Waals surface area contributed by atoms with E-state index in [0.29, 0.717) is 0 Å². The first-order valence-electron chi connectivity index (χ1n) is 3.97. The molecule has 0 saturated heterocycles. The fourth-order valence-corrected chi connectivity index (χ4v) is 1.57. The zero-order valence-electron chi connectivity index (χ0n) is 6.96. The van der Waals surface area contributed by atoms with E-state index >= 15 is 0 Å². The Hall–Kier alpha value is -1.55. The van der Waals surface area contributed by atoms with Crippen molar-refractivity contribution in [1.29, 1.82) is 0 Å². The summed E-state index contributed by atoms with van der Waals surface area (Å²) >= 11 is 0. The number of nitrogens with zero attached hydrogens (tertiary/aromatic N) is 1. The maximum Gasteiger partial charge on any atom is 0.187 e. The van der Waals surface area contributed by atoms with Crippen LogP contribution >= 0.6 is 0 Å². The van der Waals surface area contributed by atoms with Crippen LogP contribution in [0.15, 0.2) is 23.8 Å². The molecule has 0 heterocycles. The van der Waals surface area contributed by atoms with E-state index in [9.17, 15) is 0 Å². The average molecular weight is 155 g/mol. The van der Waals surface area contributed by atoms with Gasteiger partial charge < -0.3 is 0 Å². The first-order valence-corrected chi connectivity index (χ1v) is 3.97. The Morgan fingerprint density at radius 1 is 1.42 bits per heavy atom. The lowest BCUT2D eigenvalue weighted by Gasteiger charge is -1.97. The molecule has 0 bridgehead atoms. The average Bonchev–Trinajstić information content (AvgIpc) is 2.43. The predicted octanol–water partition coefficient (Wildman–Crippen LogP) is 3.20. The molecule has 0 atom stereocenters. The van der Waals surface area contributed by atoms with Gasteiger partial charge in [0.05, 0.1) is 6.57 Å². The first kappa shape index (κ1) is 7.12. The predicted molar refractivity (Wildman–Crippen MR) is 50.1 cm³/mol. The molecule has 12 heavy (non-hydrogen) atoms. The summed E-state index contributed by atoms with van der Waals surface area (Å²) < 4.78 is 0. The van der Waals surface area contributed by atoms with Crippen molar-refractivity contribution in [2.75, 3.05) is 0 Å². The summed E-state index contributed by atoms with van der Waals surface area (Å²) in [7, 11) is 0. The number of hydrogen-bond donors (Lipinski definition) is 0. The summed E-state index contributed by atoms with van der Waals surface area (Å²) in [4.78, 5) is 3.40. The van der Waals surface area contributed by atoms with Crippen LogP contribution < -0.4 is 0 Å². The van der Waals surface area contributed by atoms with Gasteiger partial charge in [-0.25, -0.2) is 4.85 Å². The van der Waals surface area contributed by atoms with Gasteiger partial charge in [-0.1, -0.05) is 29.8 Å². The molecule has 1 aliphatic rings. The third-order valence-electron chi connectivity index (χ3n) is 2.13. The molecule has 2 rings (SSSR count). The molecule has 0 unspecified atom stereocenters. The zero-order valence-corrected chi connectivity index (χ0v) is 6.96. The topological polar surface area (TPSA) is 4.36 Å². The minimum absolute atomic E-state index is 0.747. The zero-order chi connectivity index (χ0) is 8.55. The van der Waals surface area contributed by atoms with Crippen molar-refractivity contribution >= 4 is 11.8 Å². The third kappa shape index (κ3) is 1.02. The van der Waals surface area contributed by atoms with E-state index in [1.165, 1.54) is 16.7 Å². The van der Waals surface area contributed by atoms with Crippen molar-refractivity contribution in [1.82, 2.24) is 0 Å². The Morgan fingerprint density at radius 2 is 2.25 bits per heavy atom. The van der Waals surface area contributed by atoms with E-state index in [0.717, 1.165) is 12.1 Å². The monoisotopic (exact) mass is 155 g/mol. The summed E-state index contributed by atoms with van der Waals surface area (Å²) in [5.41, 5.74) is 4.70. The molecule has 0 amide bonds. The normalized spacial score (nSPS) is 13.5. The molecular weight excluding hydrogens is 146 g/mol. The fraction of sp³-hybridized carbons (Fsp3) is 0.182. The van der Waals surface area contributed by atoms with Gasteiger partial charge in [-0.15, -0.1) is 0 Å². The van der Waals surface area contributed by atoms with Crippen molar-refractivity contribution in [3.8, 4) is 0 Å². The Kier molecular flexibility index (Phi) is 1.48. The highest BCUT2D eigenvalue weighted by atomic mass is 14.6. The van der Waals surface area contributed by atoms with Gasteiger partial charge in [0.2, 0.25) is 0 Å². The van der Waals surface area contributed by atoms with Crippen LogP contribution in [-0.2, 0) is 6.42 Å². The quantitative estimate of drug-likeness (QED) is 0.507. The Labute approximate surface area is 72.2 Å². The summed E-state index contributed by atoms with van der Waals surface area (Å²) in [5.74, 6) is 0. The molecule has 1 nitrogen and oxygen atoms in total. The van der Waals surface area contributed by atoms with Crippen LogP contribution in [0.25, 0.3) is 10.9 Å². The molecule has 0 N–H and O–H groups in total. The summed E-state index contributed by atoms with van der Waals surface area (Å²) in [5, 5.41) is 0. The molecule has 0 radical (unpaired) electrons. The molecule has 0 saturated carbocycles. The van der Waals surface area contributed by atoms with E-state index in [1.54, 1.807) is 0 Å². The van der Waals surface area contributed by atoms with E-state index < -0.39 is 0 Å². The second kappa shape index (κ2) is 2.49. The van der Waals surface area contributed by atoms with E-state index in [-0.39, 0.29) is 0 Å². The Bertz CT molecular complexity index is 394. The largest absolute Gasteiger partial charge is 0.238 e. The third-order valence-corrected chi connectivity index (χ3v) is 2.13. The molecule has 0 spiro atoms. The van der Waals surface area contributed by atoms with Crippen LogP contribution in [0.3, 0.4) is 0 Å². The number of fused-ring (bicyclic) bond motifs is 1. The van der Waals surface area contributed by atoms with Gasteiger partial charge in [0, 0.05) is 0 Å². The highest BCUT2D eigenvalue weighted by Gasteiger charge is 2.08. The van der Waals surface area contributed by atoms with Gasteiger partial charge in [-0.05, 0) is 24.5 Å². The number of allylic oxidation sites excluding steroid dienone is 1. The first-order chi connectivity index (χ1) is 5.79. The van der Waals surface area contributed by atoms with E-state index in [2.05, 4.69) is 17.8 Å². The standard InChI is InChI=1S/C11H9N/c1-8-5-9-3-4-11(12-2)7-10(9)6-8/h3-5,7H,6H2,1H3. The molecule has 0 fully saturated rings. The molecule has 58 valence electrons. The van der Waals surface area contributed by atoms with E-state index in [4.69, 9.17) is 6.57 Å². The molecule has 1 aliphatic carbocycles. The van der Waals surface area contributed by atoms with Gasteiger partial charge in [-0.3, -0.25) is 0 Å². The molecule has 0 aromatic heterocycles. The van der Waals surface area contributed by atoms with Crippen molar-refractivity contribution in [2.24, 2.45) is 0 Å². The minimum atomic E-state index is 0.747. The lowest BCUT2D eigenvalue weighted by atomic mass is 10.1. The highest BCUT2D eigenvalue weighted by Crippen LogP contribution is 2.27. The van der Waals surface area contributed by atoms with Gasteiger partial charge in [0.15, 0.2) is 5.69 Å². The molecule has 1 aromatic rings. The van der Waals surface area contributed by atoms with Crippen molar-refractivity contribution in [2.45, 2.75) is 13.3 Å². The van der Waals surface area contributed by atoms with E-state index in [1.807, 2.05) is 18.2 Å². The van der Waals surface area contributed by atoms with Crippen molar-refractivity contribution in [3.05, 3.63) is 46.3 Å². The van der Waals surface area contributed by atoms with Gasteiger partial charge in [-0.2, -0.15) is 0 Å². The van der Waals surface area contributed by atoms with Crippen LogP contribution in [0, 0.1) is 6.57 Å².